The number of carbonyl (C=O) groups is 1. The molecule has 0 aromatic heterocycles. The monoisotopic (exact) mass is 536 g/mol. The maximum atomic E-state index is 12.4. The van der Waals surface area contributed by atoms with E-state index in [-0.39, 0.29) is 41.8 Å². The second-order valence-corrected chi connectivity index (χ2v) is 13.7. The maximum absolute atomic E-state index is 12.4. The number of ether oxygens (including phenoxy) is 3. The first kappa shape index (κ1) is 27.1. The summed E-state index contributed by atoms with van der Waals surface area (Å²) in [6, 6.07) is 0. The van der Waals surface area contributed by atoms with Crippen molar-refractivity contribution < 1.29 is 44.5 Å². The Morgan fingerprint density at radius 3 is 2.47 bits per heavy atom. The van der Waals surface area contributed by atoms with Gasteiger partial charge in [-0.1, -0.05) is 13.8 Å². The molecule has 5 N–H and O–H groups in total. The maximum Gasteiger partial charge on any atom is 0.331 e. The Morgan fingerprint density at radius 1 is 1.00 bits per heavy atom. The quantitative estimate of drug-likeness (QED) is 0.267. The highest BCUT2D eigenvalue weighted by molar-refractivity contribution is 5.85. The molecule has 0 aromatic carbocycles. The van der Waals surface area contributed by atoms with E-state index >= 15 is 0 Å². The van der Waals surface area contributed by atoms with Gasteiger partial charge in [0.25, 0.3) is 0 Å². The Hall–Kier alpha value is -1.07. The lowest BCUT2D eigenvalue weighted by molar-refractivity contribution is -0.311. The van der Waals surface area contributed by atoms with Gasteiger partial charge in [-0.2, -0.15) is 0 Å². The lowest BCUT2D eigenvalue weighted by atomic mass is 9.42. The van der Waals surface area contributed by atoms with Crippen molar-refractivity contribution in [2.24, 2.45) is 34.5 Å². The third-order valence-electron chi connectivity index (χ3n) is 12.0. The summed E-state index contributed by atoms with van der Waals surface area (Å²) in [5.41, 5.74) is -0.607. The smallest absolute Gasteiger partial charge is 0.331 e. The van der Waals surface area contributed by atoms with E-state index in [0.717, 1.165) is 44.1 Å². The number of rotatable bonds is 3. The van der Waals surface area contributed by atoms with E-state index in [2.05, 4.69) is 13.8 Å². The van der Waals surface area contributed by atoms with Crippen LogP contribution in [0, 0.1) is 34.5 Å². The Labute approximate surface area is 224 Å². The minimum atomic E-state index is -1.32. The van der Waals surface area contributed by atoms with Gasteiger partial charge in [-0.05, 0) is 93.0 Å². The van der Waals surface area contributed by atoms with Crippen molar-refractivity contribution in [3.8, 4) is 0 Å². The van der Waals surface area contributed by atoms with Gasteiger partial charge in [0.15, 0.2) is 6.29 Å². The normalized spacial score (nSPS) is 56.5. The molecule has 4 saturated carbocycles. The average molecular weight is 537 g/mol. The van der Waals surface area contributed by atoms with Crippen molar-refractivity contribution in [3.05, 3.63) is 11.6 Å². The molecule has 2 aliphatic heterocycles. The molecule has 14 atom stereocenters. The Morgan fingerprint density at radius 2 is 1.76 bits per heavy atom. The fourth-order valence-electron chi connectivity index (χ4n) is 9.91. The van der Waals surface area contributed by atoms with E-state index in [1.165, 1.54) is 0 Å². The topological polar surface area (TPSA) is 146 Å². The molecule has 0 aromatic rings. The van der Waals surface area contributed by atoms with Crippen LogP contribution < -0.4 is 0 Å². The first-order valence-corrected chi connectivity index (χ1v) is 14.5. The van der Waals surface area contributed by atoms with Gasteiger partial charge in [-0.3, -0.25) is 0 Å². The van der Waals surface area contributed by atoms with Crippen LogP contribution in [0.15, 0.2) is 11.6 Å². The average Bonchev–Trinajstić information content (AvgIpc) is 3.41. The molecule has 2 heterocycles. The van der Waals surface area contributed by atoms with Crippen LogP contribution in [0.2, 0.25) is 0 Å². The zero-order chi connectivity index (χ0) is 27.2. The van der Waals surface area contributed by atoms with Gasteiger partial charge >= 0.3 is 5.97 Å². The van der Waals surface area contributed by atoms with Gasteiger partial charge in [0.1, 0.15) is 24.9 Å². The summed E-state index contributed by atoms with van der Waals surface area (Å²) < 4.78 is 17.1. The molecule has 4 aliphatic carbocycles. The van der Waals surface area contributed by atoms with Crippen molar-refractivity contribution in [2.75, 3.05) is 6.61 Å². The zero-order valence-corrected chi connectivity index (χ0v) is 22.7. The van der Waals surface area contributed by atoms with Crippen LogP contribution in [0.1, 0.15) is 72.1 Å². The largest absolute Gasteiger partial charge is 0.458 e. The molecule has 0 amide bonds. The molecule has 1 saturated heterocycles. The minimum Gasteiger partial charge on any atom is -0.458 e. The molecule has 0 bridgehead atoms. The van der Waals surface area contributed by atoms with Crippen LogP contribution in [-0.4, -0.2) is 86.6 Å². The Kier molecular flexibility index (Phi) is 6.58. The molecule has 0 unspecified atom stereocenters. The van der Waals surface area contributed by atoms with Crippen molar-refractivity contribution in [1.29, 1.82) is 0 Å². The molecular weight excluding hydrogens is 492 g/mol. The highest BCUT2D eigenvalue weighted by Crippen LogP contribution is 2.70. The van der Waals surface area contributed by atoms with Crippen molar-refractivity contribution >= 4 is 5.97 Å². The van der Waals surface area contributed by atoms with Crippen molar-refractivity contribution in [3.63, 3.8) is 0 Å². The van der Waals surface area contributed by atoms with E-state index < -0.39 is 47.8 Å². The van der Waals surface area contributed by atoms with Crippen LogP contribution in [0.5, 0.6) is 0 Å². The molecule has 214 valence electrons. The van der Waals surface area contributed by atoms with Crippen LogP contribution in [-0.2, 0) is 19.0 Å². The summed E-state index contributed by atoms with van der Waals surface area (Å²) in [5, 5.41) is 54.7. The SMILES string of the molecule is C[C@@H]1O[C@H](O[C@H]2CC[C@@]3(C)[C@H](CC[C@@H]4[C@@H]3[C@H](O)C[C@]3(C)[C@@H](C5=CC(=O)OC5)CC[C@]43O)C2)[C@H](O)[C@@H](O)[C@H]1O. The molecule has 0 radical (unpaired) electrons. The fraction of sp³-hybridized carbons (Fsp3) is 0.897. The predicted octanol–water partition coefficient (Wildman–Crippen LogP) is 1.43. The van der Waals surface area contributed by atoms with E-state index in [9.17, 15) is 30.3 Å². The van der Waals surface area contributed by atoms with Crippen molar-refractivity contribution in [2.45, 2.75) is 121 Å². The second kappa shape index (κ2) is 9.23. The van der Waals surface area contributed by atoms with Crippen molar-refractivity contribution in [1.82, 2.24) is 0 Å². The van der Waals surface area contributed by atoms with Gasteiger partial charge in [-0.15, -0.1) is 0 Å². The van der Waals surface area contributed by atoms with Gasteiger partial charge in [-0.25, -0.2) is 4.79 Å². The van der Waals surface area contributed by atoms with Crippen LogP contribution in [0.4, 0.5) is 0 Å². The summed E-state index contributed by atoms with van der Waals surface area (Å²) in [4.78, 5) is 11.8. The summed E-state index contributed by atoms with van der Waals surface area (Å²) in [6.07, 6.45) is 1.49. The number of aliphatic hydroxyl groups excluding tert-OH is 4. The summed E-state index contributed by atoms with van der Waals surface area (Å²) in [6.45, 7) is 6.32. The summed E-state index contributed by atoms with van der Waals surface area (Å²) in [5.74, 6) is -0.0314. The number of hydrogen-bond acceptors (Lipinski definition) is 9. The third-order valence-corrected chi connectivity index (χ3v) is 12.0. The van der Waals surface area contributed by atoms with Gasteiger partial charge in [0, 0.05) is 11.5 Å². The lowest BCUT2D eigenvalue weighted by Gasteiger charge is -2.65. The van der Waals surface area contributed by atoms with Crippen LogP contribution in [0.25, 0.3) is 0 Å². The molecule has 5 fully saturated rings. The van der Waals surface area contributed by atoms with Gasteiger partial charge < -0.3 is 39.7 Å². The second-order valence-electron chi connectivity index (χ2n) is 13.7. The lowest BCUT2D eigenvalue weighted by Crippen LogP contribution is -2.66. The van der Waals surface area contributed by atoms with E-state index in [1.54, 1.807) is 13.0 Å². The molecular formula is C29H44O9. The number of cyclic esters (lactones) is 1. The molecule has 6 aliphatic rings. The predicted molar refractivity (Wildman–Crippen MR) is 134 cm³/mol. The molecule has 38 heavy (non-hydrogen) atoms. The summed E-state index contributed by atoms with van der Waals surface area (Å²) >= 11 is 0. The van der Waals surface area contributed by atoms with E-state index in [0.29, 0.717) is 18.8 Å². The van der Waals surface area contributed by atoms with Crippen LogP contribution >= 0.6 is 0 Å². The third kappa shape index (κ3) is 3.80. The Bertz CT molecular complexity index is 985. The molecule has 6 rings (SSSR count). The number of aliphatic hydroxyl groups is 5. The minimum absolute atomic E-state index is 0.0143. The Balaban J connectivity index is 1.19. The fourth-order valence-corrected chi connectivity index (χ4v) is 9.91. The number of esters is 1. The first-order chi connectivity index (χ1) is 17.9. The number of carbonyl (C=O) groups excluding carboxylic acids is 1. The van der Waals surface area contributed by atoms with E-state index in [4.69, 9.17) is 14.2 Å². The molecule has 9 heteroatoms. The number of fused-ring (bicyclic) bond motifs is 5. The van der Waals surface area contributed by atoms with Gasteiger partial charge in [0.2, 0.25) is 0 Å². The zero-order valence-electron chi connectivity index (χ0n) is 22.7. The number of hydrogen-bond donors (Lipinski definition) is 5. The standard InChI is InChI=1S/C29H44O9/c1-14-23(32)24(33)25(34)26(37-14)38-17-6-8-27(2)16(11-17)4-5-19-22(27)20(30)12-28(3)18(7-9-29(19,28)35)15-10-21(31)36-13-15/h10,14,16-20,22-26,30,32-35H,4-9,11-13H2,1-3H3/t14-,16+,17-,18+,19+,20+,22+,23-,24-,25+,26+,27-,28+,29-/m0/s1. The summed E-state index contributed by atoms with van der Waals surface area (Å²) in [7, 11) is 0. The highest BCUT2D eigenvalue weighted by Gasteiger charge is 2.70. The molecule has 0 spiro atoms. The van der Waals surface area contributed by atoms with Crippen LogP contribution in [0.3, 0.4) is 0 Å². The first-order valence-electron chi connectivity index (χ1n) is 14.5. The van der Waals surface area contributed by atoms with E-state index in [1.807, 2.05) is 0 Å². The highest BCUT2D eigenvalue weighted by atomic mass is 16.7. The van der Waals surface area contributed by atoms with Gasteiger partial charge in [0.05, 0.1) is 23.9 Å². The molecule has 9 nitrogen and oxygen atoms in total.